The highest BCUT2D eigenvalue weighted by Crippen LogP contribution is 2.12. The monoisotopic (exact) mass is 460 g/mol. The lowest BCUT2D eigenvalue weighted by Crippen LogP contribution is -2.51. The van der Waals surface area contributed by atoms with Gasteiger partial charge in [0.25, 0.3) is 0 Å². The van der Waals surface area contributed by atoms with E-state index in [9.17, 15) is 19.1 Å². The van der Waals surface area contributed by atoms with Crippen molar-refractivity contribution in [2.24, 2.45) is 0 Å². The summed E-state index contributed by atoms with van der Waals surface area (Å²) in [5.74, 6) is -1.55. The molecule has 7 nitrogen and oxygen atoms in total. The summed E-state index contributed by atoms with van der Waals surface area (Å²) < 4.78 is 13.7. The minimum Gasteiger partial charge on any atom is -0.383 e. The molecule has 8 heteroatoms. The van der Waals surface area contributed by atoms with Gasteiger partial charge in [0.05, 0.1) is 0 Å². The molecule has 174 valence electrons. The molecule has 2 aromatic heterocycles. The molecule has 0 spiro atoms. The average Bonchev–Trinajstić information content (AvgIpc) is 3.30. The van der Waals surface area contributed by atoms with Crippen LogP contribution in [0.25, 0.3) is 11.0 Å². The van der Waals surface area contributed by atoms with Gasteiger partial charge in [0.1, 0.15) is 23.6 Å². The van der Waals surface area contributed by atoms with Crippen LogP contribution < -0.4 is 10.6 Å². The number of aliphatic hydroxyl groups excluding tert-OH is 1. The number of halogens is 1. The standard InChI is InChI=1S/C26H25FN4O3/c27-21-8-4-7-18(12-21)13-22(31-26(34)23(32)14-17-5-2-1-3-6-17)25(33)30-16-19-11-20-9-10-28-24(20)29-15-19/h1-12,15,22-23,32H,13-14,16H2,(H,28,29)(H,30,33)(H,31,34)/t22-,23+/m0/s1. The quantitative estimate of drug-likeness (QED) is 0.308. The molecule has 0 radical (unpaired) electrons. The van der Waals surface area contributed by atoms with Crippen LogP contribution in [0.2, 0.25) is 0 Å². The lowest BCUT2D eigenvalue weighted by Gasteiger charge is -2.21. The van der Waals surface area contributed by atoms with Crippen LogP contribution in [0, 0.1) is 5.82 Å². The molecule has 2 aromatic carbocycles. The number of carbonyl (C=O) groups is 2. The van der Waals surface area contributed by atoms with Crippen LogP contribution in [-0.4, -0.2) is 39.0 Å². The van der Waals surface area contributed by atoms with E-state index in [4.69, 9.17) is 0 Å². The number of aromatic nitrogens is 2. The Morgan fingerprint density at radius 1 is 0.941 bits per heavy atom. The summed E-state index contributed by atoms with van der Waals surface area (Å²) in [4.78, 5) is 33.0. The molecule has 0 saturated heterocycles. The van der Waals surface area contributed by atoms with E-state index >= 15 is 0 Å². The third-order valence-corrected chi connectivity index (χ3v) is 5.46. The lowest BCUT2D eigenvalue weighted by atomic mass is 10.0. The smallest absolute Gasteiger partial charge is 0.249 e. The van der Waals surface area contributed by atoms with Crippen LogP contribution in [-0.2, 0) is 29.0 Å². The Balaban J connectivity index is 1.44. The second kappa shape index (κ2) is 10.7. The van der Waals surface area contributed by atoms with Crippen LogP contribution in [0.15, 0.2) is 79.1 Å². The van der Waals surface area contributed by atoms with E-state index in [2.05, 4.69) is 20.6 Å². The minimum absolute atomic E-state index is 0.0719. The van der Waals surface area contributed by atoms with E-state index in [0.29, 0.717) is 5.56 Å². The molecule has 0 aliphatic carbocycles. The molecule has 0 unspecified atom stereocenters. The molecule has 2 amide bonds. The van der Waals surface area contributed by atoms with Gasteiger partial charge in [-0.25, -0.2) is 9.37 Å². The van der Waals surface area contributed by atoms with E-state index in [1.54, 1.807) is 24.5 Å². The molecule has 0 bridgehead atoms. The van der Waals surface area contributed by atoms with Crippen molar-refractivity contribution in [2.45, 2.75) is 31.5 Å². The Morgan fingerprint density at radius 3 is 2.53 bits per heavy atom. The number of nitrogens with zero attached hydrogens (tertiary/aromatic N) is 1. The summed E-state index contributed by atoms with van der Waals surface area (Å²) in [6.45, 7) is 0.203. The number of hydrogen-bond donors (Lipinski definition) is 4. The van der Waals surface area contributed by atoms with Crippen molar-refractivity contribution in [3.05, 3.63) is 102 Å². The molecule has 2 heterocycles. The zero-order valence-electron chi connectivity index (χ0n) is 18.4. The zero-order chi connectivity index (χ0) is 23.9. The number of benzene rings is 2. The van der Waals surface area contributed by atoms with Crippen LogP contribution >= 0.6 is 0 Å². The zero-order valence-corrected chi connectivity index (χ0v) is 18.4. The Morgan fingerprint density at radius 2 is 1.74 bits per heavy atom. The summed E-state index contributed by atoms with van der Waals surface area (Å²) in [6.07, 6.45) is 2.30. The van der Waals surface area contributed by atoms with Gasteiger partial charge < -0.3 is 20.7 Å². The van der Waals surface area contributed by atoms with Gasteiger partial charge in [-0.05, 0) is 41.0 Å². The van der Waals surface area contributed by atoms with Crippen molar-refractivity contribution in [1.82, 2.24) is 20.6 Å². The van der Waals surface area contributed by atoms with E-state index in [-0.39, 0.29) is 19.4 Å². The maximum atomic E-state index is 13.7. The Kier molecular flexibility index (Phi) is 7.29. The highest BCUT2D eigenvalue weighted by atomic mass is 19.1. The number of carbonyl (C=O) groups excluding carboxylic acids is 2. The Bertz CT molecular complexity index is 1280. The molecule has 0 aliphatic heterocycles. The van der Waals surface area contributed by atoms with E-state index in [0.717, 1.165) is 22.2 Å². The normalized spacial score (nSPS) is 12.8. The molecular weight excluding hydrogens is 435 g/mol. The molecular formula is C26H25FN4O3. The number of aromatic amines is 1. The second-order valence-corrected chi connectivity index (χ2v) is 8.08. The van der Waals surface area contributed by atoms with Crippen LogP contribution in [0.5, 0.6) is 0 Å². The van der Waals surface area contributed by atoms with Gasteiger partial charge in [0.15, 0.2) is 0 Å². The SMILES string of the molecule is O=C(N[C@@H](Cc1cccc(F)c1)C(=O)NCc1cnc2[nH]ccc2c1)[C@H](O)Cc1ccccc1. The van der Waals surface area contributed by atoms with E-state index < -0.39 is 29.8 Å². The van der Waals surface area contributed by atoms with Crippen LogP contribution in [0.3, 0.4) is 0 Å². The van der Waals surface area contributed by atoms with E-state index in [1.807, 2.05) is 42.5 Å². The fourth-order valence-corrected chi connectivity index (χ4v) is 3.70. The topological polar surface area (TPSA) is 107 Å². The van der Waals surface area contributed by atoms with Crippen molar-refractivity contribution >= 4 is 22.8 Å². The first kappa shape index (κ1) is 23.1. The highest BCUT2D eigenvalue weighted by Gasteiger charge is 2.25. The minimum atomic E-state index is -1.33. The third-order valence-electron chi connectivity index (χ3n) is 5.46. The number of pyridine rings is 1. The van der Waals surface area contributed by atoms with Gasteiger partial charge in [0.2, 0.25) is 11.8 Å². The van der Waals surface area contributed by atoms with Gasteiger partial charge in [-0.3, -0.25) is 9.59 Å². The first-order valence-electron chi connectivity index (χ1n) is 10.9. The van der Waals surface area contributed by atoms with Gasteiger partial charge in [-0.1, -0.05) is 42.5 Å². The Labute approximate surface area is 196 Å². The molecule has 4 N–H and O–H groups in total. The van der Waals surface area contributed by atoms with Crippen LogP contribution in [0.1, 0.15) is 16.7 Å². The summed E-state index contributed by atoms with van der Waals surface area (Å²) >= 11 is 0. The summed E-state index contributed by atoms with van der Waals surface area (Å²) in [5.41, 5.74) is 2.89. The predicted molar refractivity (Wildman–Crippen MR) is 126 cm³/mol. The molecule has 0 fully saturated rings. The predicted octanol–water partition coefficient (Wildman–Crippen LogP) is 2.65. The van der Waals surface area contributed by atoms with Crippen molar-refractivity contribution < 1.29 is 19.1 Å². The average molecular weight is 461 g/mol. The summed E-state index contributed by atoms with van der Waals surface area (Å²) in [6, 6.07) is 17.7. The number of nitrogens with one attached hydrogen (secondary N) is 3. The maximum Gasteiger partial charge on any atom is 0.249 e. The highest BCUT2D eigenvalue weighted by molar-refractivity contribution is 5.89. The fourth-order valence-electron chi connectivity index (χ4n) is 3.70. The van der Waals surface area contributed by atoms with Crippen molar-refractivity contribution in [3.8, 4) is 0 Å². The summed E-state index contributed by atoms with van der Waals surface area (Å²) in [5, 5.41) is 16.7. The number of fused-ring (bicyclic) bond motifs is 1. The molecule has 4 aromatic rings. The van der Waals surface area contributed by atoms with Gasteiger partial charge in [-0.2, -0.15) is 0 Å². The second-order valence-electron chi connectivity index (χ2n) is 8.08. The van der Waals surface area contributed by atoms with Gasteiger partial charge in [0, 0.05) is 37.2 Å². The third kappa shape index (κ3) is 6.05. The number of rotatable bonds is 9. The molecule has 2 atom stereocenters. The number of H-pyrrole nitrogens is 1. The van der Waals surface area contributed by atoms with Crippen molar-refractivity contribution in [3.63, 3.8) is 0 Å². The molecule has 0 aliphatic rings. The van der Waals surface area contributed by atoms with Crippen molar-refractivity contribution in [2.75, 3.05) is 0 Å². The van der Waals surface area contributed by atoms with Gasteiger partial charge >= 0.3 is 0 Å². The van der Waals surface area contributed by atoms with Crippen LogP contribution in [0.4, 0.5) is 4.39 Å². The maximum absolute atomic E-state index is 13.7. The van der Waals surface area contributed by atoms with Gasteiger partial charge in [-0.15, -0.1) is 0 Å². The Hall–Kier alpha value is -4.04. The number of aliphatic hydroxyl groups is 1. The van der Waals surface area contributed by atoms with E-state index in [1.165, 1.54) is 12.1 Å². The molecule has 34 heavy (non-hydrogen) atoms. The first-order valence-corrected chi connectivity index (χ1v) is 10.9. The summed E-state index contributed by atoms with van der Waals surface area (Å²) in [7, 11) is 0. The lowest BCUT2D eigenvalue weighted by molar-refractivity contribution is -0.134. The molecule has 4 rings (SSSR count). The number of hydrogen-bond acceptors (Lipinski definition) is 4. The fraction of sp³-hybridized carbons (Fsp3) is 0.192. The largest absolute Gasteiger partial charge is 0.383 e. The first-order chi connectivity index (χ1) is 16.5. The number of amides is 2. The van der Waals surface area contributed by atoms with Crippen molar-refractivity contribution in [1.29, 1.82) is 0 Å². The molecule has 0 saturated carbocycles.